The lowest BCUT2D eigenvalue weighted by Crippen LogP contribution is -2.45. The molecule has 10 nitrogen and oxygen atoms in total. The van der Waals surface area contributed by atoms with E-state index < -0.39 is 0 Å². The second-order valence-electron chi connectivity index (χ2n) is 9.56. The molecule has 4 aromatic heterocycles. The molecule has 0 amide bonds. The van der Waals surface area contributed by atoms with Crippen LogP contribution in [0, 0.1) is 0 Å². The van der Waals surface area contributed by atoms with E-state index in [0.717, 1.165) is 83.6 Å². The fraction of sp³-hybridized carbons (Fsp3) is 0.400. The predicted molar refractivity (Wildman–Crippen MR) is 141 cm³/mol. The maximum Gasteiger partial charge on any atom is 0.227 e. The fourth-order valence-electron chi connectivity index (χ4n) is 5.34. The van der Waals surface area contributed by atoms with Crippen LogP contribution in [0.2, 0.25) is 0 Å². The second-order valence-corrected chi connectivity index (χ2v) is 10.6. The van der Waals surface area contributed by atoms with E-state index in [4.69, 9.17) is 14.7 Å². The lowest BCUT2D eigenvalue weighted by Gasteiger charge is -2.31. The first-order chi connectivity index (χ1) is 17.7. The number of anilines is 4. The summed E-state index contributed by atoms with van der Waals surface area (Å²) in [5.41, 5.74) is 1.97. The highest BCUT2D eigenvalue weighted by Gasteiger charge is 2.42. The molecule has 0 spiro atoms. The molecular formula is C25H27N9OS. The van der Waals surface area contributed by atoms with Crippen molar-refractivity contribution in [1.82, 2.24) is 29.8 Å². The van der Waals surface area contributed by atoms with Gasteiger partial charge in [-0.3, -0.25) is 4.90 Å². The number of aromatic nitrogens is 5. The second kappa shape index (κ2) is 8.91. The van der Waals surface area contributed by atoms with Gasteiger partial charge in [0.2, 0.25) is 5.95 Å². The van der Waals surface area contributed by atoms with Gasteiger partial charge in [0.05, 0.1) is 23.4 Å². The Morgan fingerprint density at radius 2 is 1.86 bits per heavy atom. The highest BCUT2D eigenvalue weighted by atomic mass is 32.1. The molecule has 36 heavy (non-hydrogen) atoms. The number of pyridine rings is 2. The van der Waals surface area contributed by atoms with E-state index in [1.54, 1.807) is 11.3 Å². The van der Waals surface area contributed by atoms with Gasteiger partial charge < -0.3 is 19.9 Å². The van der Waals surface area contributed by atoms with Crippen LogP contribution in [0.3, 0.4) is 0 Å². The predicted octanol–water partition coefficient (Wildman–Crippen LogP) is 3.02. The number of likely N-dealkylation sites (N-methyl/N-ethyl adjacent to an activating group) is 1. The van der Waals surface area contributed by atoms with Gasteiger partial charge in [-0.15, -0.1) is 11.3 Å². The van der Waals surface area contributed by atoms with Crippen molar-refractivity contribution in [2.24, 2.45) is 0 Å². The topological polar surface area (TPSA) is 95.4 Å². The zero-order valence-corrected chi connectivity index (χ0v) is 20.9. The minimum Gasteiger partial charge on any atom is -0.378 e. The zero-order chi connectivity index (χ0) is 24.1. The molecule has 0 aromatic carbocycles. The lowest BCUT2D eigenvalue weighted by molar-refractivity contribution is 0.122. The Morgan fingerprint density at radius 1 is 0.972 bits per heavy atom. The normalized spacial score (nSPS) is 22.0. The van der Waals surface area contributed by atoms with Gasteiger partial charge >= 0.3 is 0 Å². The largest absolute Gasteiger partial charge is 0.378 e. The molecule has 3 saturated heterocycles. The van der Waals surface area contributed by atoms with Gasteiger partial charge in [0, 0.05) is 68.5 Å². The van der Waals surface area contributed by atoms with Crippen molar-refractivity contribution in [3.05, 3.63) is 42.9 Å². The molecule has 184 valence electrons. The third-order valence-corrected chi connectivity index (χ3v) is 8.33. The van der Waals surface area contributed by atoms with E-state index >= 15 is 0 Å². The van der Waals surface area contributed by atoms with Crippen LogP contribution in [-0.2, 0) is 4.74 Å². The molecule has 3 aliphatic heterocycles. The number of thiazole rings is 1. The van der Waals surface area contributed by atoms with E-state index in [-0.39, 0.29) is 0 Å². The van der Waals surface area contributed by atoms with E-state index in [2.05, 4.69) is 48.1 Å². The number of hydrogen-bond acceptors (Lipinski definition) is 11. The molecule has 4 aromatic rings. The summed E-state index contributed by atoms with van der Waals surface area (Å²) in [5.74, 6) is 3.21. The summed E-state index contributed by atoms with van der Waals surface area (Å²) in [5, 5.41) is 4.31. The monoisotopic (exact) mass is 501 g/mol. The molecule has 1 N–H and O–H groups in total. The number of nitrogens with one attached hydrogen (secondary N) is 1. The number of nitrogens with zero attached hydrogens (tertiary/aromatic N) is 8. The van der Waals surface area contributed by atoms with Crippen LogP contribution >= 0.6 is 11.3 Å². The van der Waals surface area contributed by atoms with Crippen LogP contribution < -0.4 is 15.1 Å². The molecule has 3 fully saturated rings. The highest BCUT2D eigenvalue weighted by Crippen LogP contribution is 2.34. The number of rotatable bonds is 5. The average Bonchev–Trinajstić information content (AvgIpc) is 3.63. The van der Waals surface area contributed by atoms with E-state index in [1.807, 2.05) is 36.8 Å². The smallest absolute Gasteiger partial charge is 0.227 e. The van der Waals surface area contributed by atoms with Crippen LogP contribution in [-0.4, -0.2) is 88.3 Å². The Balaban J connectivity index is 1.11. The quantitative estimate of drug-likeness (QED) is 0.440. The SMILES string of the molecule is CN1C[C@@H]2C[C@H]1CN2c1nccc(Nc2cc3nc(-c4ccnc(N5CCOCC5)c4)sc3cn2)n1. The van der Waals surface area contributed by atoms with Crippen molar-refractivity contribution in [3.63, 3.8) is 0 Å². The maximum atomic E-state index is 5.47. The van der Waals surface area contributed by atoms with Crippen LogP contribution in [0.25, 0.3) is 20.8 Å². The van der Waals surface area contributed by atoms with Gasteiger partial charge in [-0.05, 0) is 31.7 Å². The molecule has 2 atom stereocenters. The molecule has 0 unspecified atom stereocenters. The molecule has 0 aliphatic carbocycles. The Labute approximate surface area is 213 Å². The first-order valence-corrected chi connectivity index (χ1v) is 13.1. The Hall–Kier alpha value is -3.41. The maximum absolute atomic E-state index is 5.47. The Kier molecular flexibility index (Phi) is 5.41. The summed E-state index contributed by atoms with van der Waals surface area (Å²) in [6.07, 6.45) is 6.73. The Morgan fingerprint density at radius 3 is 2.69 bits per heavy atom. The molecule has 11 heteroatoms. The minimum atomic E-state index is 0.495. The van der Waals surface area contributed by atoms with E-state index in [9.17, 15) is 0 Å². The number of morpholine rings is 1. The van der Waals surface area contributed by atoms with Crippen molar-refractivity contribution in [2.45, 2.75) is 18.5 Å². The first-order valence-electron chi connectivity index (χ1n) is 12.3. The molecule has 0 saturated carbocycles. The molecule has 3 aliphatic rings. The molecule has 7 heterocycles. The number of likely N-dealkylation sites (tertiary alicyclic amines) is 1. The Bertz CT molecular complexity index is 1400. The molecular weight excluding hydrogens is 474 g/mol. The van der Waals surface area contributed by atoms with Gasteiger partial charge in [0.1, 0.15) is 22.5 Å². The van der Waals surface area contributed by atoms with Crippen molar-refractivity contribution >= 4 is 45.0 Å². The fourth-order valence-corrected chi connectivity index (χ4v) is 6.25. The van der Waals surface area contributed by atoms with Crippen LogP contribution in [0.4, 0.5) is 23.4 Å². The van der Waals surface area contributed by atoms with Gasteiger partial charge in [-0.1, -0.05) is 0 Å². The summed E-state index contributed by atoms with van der Waals surface area (Å²) in [4.78, 5) is 30.4. The van der Waals surface area contributed by atoms with Crippen LogP contribution in [0.5, 0.6) is 0 Å². The molecule has 7 rings (SSSR count). The van der Waals surface area contributed by atoms with Gasteiger partial charge in [-0.25, -0.2) is 19.9 Å². The van der Waals surface area contributed by atoms with Crippen molar-refractivity contribution in [2.75, 3.05) is 61.6 Å². The third-order valence-electron chi connectivity index (χ3n) is 7.27. The summed E-state index contributed by atoms with van der Waals surface area (Å²) in [6.45, 7) is 5.24. The average molecular weight is 502 g/mol. The summed E-state index contributed by atoms with van der Waals surface area (Å²) in [6, 6.07) is 9.08. The summed E-state index contributed by atoms with van der Waals surface area (Å²) >= 11 is 1.64. The van der Waals surface area contributed by atoms with Gasteiger partial charge in [-0.2, -0.15) is 4.98 Å². The summed E-state index contributed by atoms with van der Waals surface area (Å²) in [7, 11) is 2.20. The van der Waals surface area contributed by atoms with E-state index in [1.165, 1.54) is 6.42 Å². The van der Waals surface area contributed by atoms with Gasteiger partial charge in [0.25, 0.3) is 0 Å². The zero-order valence-electron chi connectivity index (χ0n) is 20.0. The van der Waals surface area contributed by atoms with Crippen molar-refractivity contribution < 1.29 is 4.74 Å². The molecule has 0 radical (unpaired) electrons. The minimum absolute atomic E-state index is 0.495. The summed E-state index contributed by atoms with van der Waals surface area (Å²) < 4.78 is 6.52. The number of hydrogen-bond donors (Lipinski definition) is 1. The highest BCUT2D eigenvalue weighted by molar-refractivity contribution is 7.21. The molecule has 2 bridgehead atoms. The standard InChI is InChI=1S/C25H27N9OS/c1-32-14-18-11-17(32)15-34(18)25-27-5-3-21(31-25)30-22-12-19-20(13-28-22)36-24(29-19)16-2-4-26-23(10-16)33-6-8-35-9-7-33/h2-5,10,12-13,17-18H,6-9,11,14-15H2,1H3,(H,27,28,30,31)/t17-,18-/m0/s1. The number of fused-ring (bicyclic) bond motifs is 3. The van der Waals surface area contributed by atoms with Gasteiger partial charge in [0.15, 0.2) is 0 Å². The number of piperazine rings is 1. The van der Waals surface area contributed by atoms with E-state index in [0.29, 0.717) is 12.1 Å². The van der Waals surface area contributed by atoms with Crippen LogP contribution in [0.15, 0.2) is 42.9 Å². The third kappa shape index (κ3) is 4.02. The van der Waals surface area contributed by atoms with Crippen molar-refractivity contribution in [3.8, 4) is 10.6 Å². The van der Waals surface area contributed by atoms with Crippen LogP contribution in [0.1, 0.15) is 6.42 Å². The first kappa shape index (κ1) is 21.8. The number of ether oxygens (including phenoxy) is 1. The van der Waals surface area contributed by atoms with Crippen molar-refractivity contribution in [1.29, 1.82) is 0 Å². The lowest BCUT2D eigenvalue weighted by atomic mass is 10.2.